The van der Waals surface area contributed by atoms with E-state index < -0.39 is 57.1 Å². The topological polar surface area (TPSA) is 113 Å². The molecule has 0 bridgehead atoms. The van der Waals surface area contributed by atoms with Crippen molar-refractivity contribution in [3.63, 3.8) is 0 Å². The number of alkyl halides is 3. The fraction of sp³-hybridized carbons (Fsp3) is 0.267. The lowest BCUT2D eigenvalue weighted by atomic mass is 10.1. The molecule has 224 valence electrons. The molecule has 43 heavy (non-hydrogen) atoms. The van der Waals surface area contributed by atoms with Crippen LogP contribution >= 0.6 is 0 Å². The molecule has 0 radical (unpaired) electrons. The SMILES string of the molecule is CCS(=O)(=O)CCN(C(=O)Cc1ccc(F)c(C(F)(F)F)c1)C(C)c1nc2ccccc2c(=O)n1-c1ccc(C#N)cc1. The molecule has 0 N–H and O–H groups in total. The maximum Gasteiger partial charge on any atom is 0.419 e. The summed E-state index contributed by atoms with van der Waals surface area (Å²) in [5, 5.41) is 9.47. The molecule has 0 fully saturated rings. The van der Waals surface area contributed by atoms with Crippen LogP contribution in [0.2, 0.25) is 0 Å². The second-order valence-electron chi connectivity index (χ2n) is 9.77. The number of fused-ring (bicyclic) bond motifs is 1. The highest BCUT2D eigenvalue weighted by Gasteiger charge is 2.35. The van der Waals surface area contributed by atoms with Gasteiger partial charge in [0.05, 0.1) is 52.0 Å². The first-order chi connectivity index (χ1) is 20.3. The molecule has 4 rings (SSSR count). The van der Waals surface area contributed by atoms with Crippen LogP contribution in [0, 0.1) is 17.1 Å². The highest BCUT2D eigenvalue weighted by Crippen LogP contribution is 2.32. The van der Waals surface area contributed by atoms with Crippen LogP contribution in [0.4, 0.5) is 17.6 Å². The van der Waals surface area contributed by atoms with Gasteiger partial charge in [-0.1, -0.05) is 25.1 Å². The largest absolute Gasteiger partial charge is 0.419 e. The summed E-state index contributed by atoms with van der Waals surface area (Å²) in [6.07, 6.45) is -5.59. The van der Waals surface area contributed by atoms with Crippen LogP contribution in [0.3, 0.4) is 0 Å². The van der Waals surface area contributed by atoms with Gasteiger partial charge in [0.25, 0.3) is 5.56 Å². The number of carbonyl (C=O) groups excluding carboxylic acids is 1. The summed E-state index contributed by atoms with van der Waals surface area (Å²) in [5.74, 6) is -2.85. The molecule has 1 amide bonds. The summed E-state index contributed by atoms with van der Waals surface area (Å²) in [6.45, 7) is 2.62. The van der Waals surface area contributed by atoms with E-state index in [1.54, 1.807) is 24.3 Å². The summed E-state index contributed by atoms with van der Waals surface area (Å²) in [7, 11) is -3.59. The number of nitriles is 1. The summed E-state index contributed by atoms with van der Waals surface area (Å²) in [6, 6.07) is 15.7. The van der Waals surface area contributed by atoms with E-state index in [0.717, 1.165) is 11.0 Å². The number of sulfone groups is 1. The van der Waals surface area contributed by atoms with E-state index in [1.807, 2.05) is 6.07 Å². The molecule has 8 nitrogen and oxygen atoms in total. The second-order valence-corrected chi connectivity index (χ2v) is 12.2. The maximum atomic E-state index is 13.9. The van der Waals surface area contributed by atoms with E-state index in [0.29, 0.717) is 28.9 Å². The average molecular weight is 615 g/mol. The Bertz CT molecular complexity index is 1880. The van der Waals surface area contributed by atoms with Gasteiger partial charge in [-0.05, 0) is 61.0 Å². The molecule has 1 atom stereocenters. The Morgan fingerprint density at radius 1 is 1.09 bits per heavy atom. The first kappa shape index (κ1) is 31.4. The van der Waals surface area contributed by atoms with Crippen LogP contribution in [0.1, 0.15) is 42.4 Å². The minimum atomic E-state index is -4.99. The molecule has 1 unspecified atom stereocenters. The van der Waals surface area contributed by atoms with Crippen LogP contribution in [0.15, 0.2) is 71.5 Å². The molecule has 4 aromatic rings. The molecule has 3 aromatic carbocycles. The lowest BCUT2D eigenvalue weighted by molar-refractivity contribution is -0.140. The minimum absolute atomic E-state index is 0.0609. The van der Waals surface area contributed by atoms with E-state index >= 15 is 0 Å². The molecule has 1 heterocycles. The number of carbonyl (C=O) groups is 1. The maximum absolute atomic E-state index is 13.9. The van der Waals surface area contributed by atoms with E-state index in [4.69, 9.17) is 0 Å². The summed E-state index contributed by atoms with van der Waals surface area (Å²) < 4.78 is 79.9. The van der Waals surface area contributed by atoms with Gasteiger partial charge in [-0.15, -0.1) is 0 Å². The summed E-state index contributed by atoms with van der Waals surface area (Å²) in [5.41, 5.74) is -1.19. The van der Waals surface area contributed by atoms with Crippen molar-refractivity contribution in [2.24, 2.45) is 0 Å². The predicted octanol–water partition coefficient (Wildman–Crippen LogP) is 4.98. The van der Waals surface area contributed by atoms with E-state index in [-0.39, 0.29) is 29.1 Å². The van der Waals surface area contributed by atoms with E-state index in [2.05, 4.69) is 4.98 Å². The third-order valence-electron chi connectivity index (χ3n) is 6.99. The molecule has 13 heteroatoms. The molecule has 0 spiro atoms. The number of amides is 1. The number of benzene rings is 3. The average Bonchev–Trinajstić information content (AvgIpc) is 2.97. The van der Waals surface area contributed by atoms with Crippen molar-refractivity contribution in [2.45, 2.75) is 32.5 Å². The minimum Gasteiger partial charge on any atom is -0.331 e. The smallest absolute Gasteiger partial charge is 0.331 e. The number of hydrogen-bond acceptors (Lipinski definition) is 6. The Labute approximate surface area is 244 Å². The molecule has 0 aliphatic carbocycles. The monoisotopic (exact) mass is 614 g/mol. The van der Waals surface area contributed by atoms with Crippen molar-refractivity contribution >= 4 is 26.6 Å². The molecule has 0 aliphatic rings. The Balaban J connectivity index is 1.84. The third kappa shape index (κ3) is 6.91. The lowest BCUT2D eigenvalue weighted by Crippen LogP contribution is -2.41. The van der Waals surface area contributed by atoms with Crippen LogP contribution in [-0.2, 0) is 27.2 Å². The number of halogens is 4. The van der Waals surface area contributed by atoms with Crippen LogP contribution in [0.5, 0.6) is 0 Å². The first-order valence-corrected chi connectivity index (χ1v) is 15.0. The van der Waals surface area contributed by atoms with Gasteiger partial charge in [0, 0.05) is 12.3 Å². The van der Waals surface area contributed by atoms with E-state index in [1.165, 1.54) is 42.7 Å². The summed E-state index contributed by atoms with van der Waals surface area (Å²) in [4.78, 5) is 33.2. The number of para-hydroxylation sites is 1. The second kappa shape index (κ2) is 12.3. The van der Waals surface area contributed by atoms with Crippen LogP contribution in [0.25, 0.3) is 16.6 Å². The Hall–Kier alpha value is -4.57. The number of aromatic nitrogens is 2. The predicted molar refractivity (Wildman–Crippen MR) is 152 cm³/mol. The quantitative estimate of drug-likeness (QED) is 0.246. The number of nitrogens with zero attached hydrogens (tertiary/aromatic N) is 4. The van der Waals surface area contributed by atoms with Crippen molar-refractivity contribution in [2.75, 3.05) is 18.1 Å². The van der Waals surface area contributed by atoms with Crippen molar-refractivity contribution in [3.8, 4) is 11.8 Å². The van der Waals surface area contributed by atoms with Gasteiger partial charge in [-0.3, -0.25) is 14.2 Å². The molecular formula is C30H26F4N4O4S. The molecule has 0 saturated carbocycles. The van der Waals surface area contributed by atoms with Gasteiger partial charge in [-0.25, -0.2) is 17.8 Å². The van der Waals surface area contributed by atoms with Gasteiger partial charge < -0.3 is 4.90 Å². The fourth-order valence-corrected chi connectivity index (χ4v) is 5.36. The molecule has 0 saturated heterocycles. The Kier molecular flexibility index (Phi) is 9.01. The molecule has 0 aliphatic heterocycles. The summed E-state index contributed by atoms with van der Waals surface area (Å²) >= 11 is 0. The standard InChI is InChI=1S/C30H26F4N4O4S/c1-3-43(41,42)15-14-37(27(39)17-21-10-13-25(31)24(16-21)30(32,33)34)19(2)28-36-26-7-5-4-6-23(26)29(40)38(28)22-11-8-20(18-35)9-12-22/h4-13,16,19H,3,14-15,17H2,1-2H3. The van der Waals surface area contributed by atoms with Crippen molar-refractivity contribution < 1.29 is 30.8 Å². The van der Waals surface area contributed by atoms with Gasteiger partial charge in [0.15, 0.2) is 9.84 Å². The van der Waals surface area contributed by atoms with Crippen LogP contribution in [-0.4, -0.2) is 46.8 Å². The zero-order chi connectivity index (χ0) is 31.5. The molecule has 1 aromatic heterocycles. The number of rotatable bonds is 9. The van der Waals surface area contributed by atoms with Gasteiger partial charge in [0.1, 0.15) is 11.6 Å². The normalized spacial score (nSPS) is 12.6. The third-order valence-corrected chi connectivity index (χ3v) is 8.68. The highest BCUT2D eigenvalue weighted by atomic mass is 32.2. The highest BCUT2D eigenvalue weighted by molar-refractivity contribution is 7.91. The lowest BCUT2D eigenvalue weighted by Gasteiger charge is -2.31. The van der Waals surface area contributed by atoms with Crippen molar-refractivity contribution in [1.82, 2.24) is 14.5 Å². The van der Waals surface area contributed by atoms with Crippen molar-refractivity contribution in [1.29, 1.82) is 5.26 Å². The molecular weight excluding hydrogens is 588 g/mol. The van der Waals surface area contributed by atoms with Crippen molar-refractivity contribution in [3.05, 3.63) is 105 Å². The van der Waals surface area contributed by atoms with Gasteiger partial charge in [-0.2, -0.15) is 18.4 Å². The van der Waals surface area contributed by atoms with Crippen LogP contribution < -0.4 is 5.56 Å². The Morgan fingerprint density at radius 2 is 1.77 bits per heavy atom. The first-order valence-electron chi connectivity index (χ1n) is 13.1. The zero-order valence-electron chi connectivity index (χ0n) is 23.1. The number of hydrogen-bond donors (Lipinski definition) is 0. The zero-order valence-corrected chi connectivity index (χ0v) is 23.9. The fourth-order valence-electron chi connectivity index (χ4n) is 4.60. The van der Waals surface area contributed by atoms with Gasteiger partial charge in [0.2, 0.25) is 5.91 Å². The van der Waals surface area contributed by atoms with Gasteiger partial charge >= 0.3 is 6.18 Å². The van der Waals surface area contributed by atoms with E-state index in [9.17, 15) is 40.8 Å². The Morgan fingerprint density at radius 3 is 2.40 bits per heavy atom.